The fraction of sp³-hybridized carbons (Fsp3) is 0.400. The van der Waals surface area contributed by atoms with Crippen molar-refractivity contribution in [2.45, 2.75) is 44.4 Å². The molecule has 3 rings (SSSR count). The molecule has 0 spiro atoms. The van der Waals surface area contributed by atoms with Gasteiger partial charge in [-0.2, -0.15) is 0 Å². The first-order valence-corrected chi connectivity index (χ1v) is 9.67. The Bertz CT molecular complexity index is 877. The molecule has 0 saturated heterocycles. The highest BCUT2D eigenvalue weighted by molar-refractivity contribution is 6.30. The van der Waals surface area contributed by atoms with E-state index in [1.54, 1.807) is 18.5 Å². The van der Waals surface area contributed by atoms with Crippen LogP contribution in [0.15, 0.2) is 49.1 Å². The van der Waals surface area contributed by atoms with Crippen LogP contribution in [0.25, 0.3) is 11.3 Å². The lowest BCUT2D eigenvalue weighted by molar-refractivity contribution is -0.357. The van der Waals surface area contributed by atoms with Crippen molar-refractivity contribution in [1.82, 2.24) is 14.9 Å². The topological polar surface area (TPSA) is 65.4 Å². The van der Waals surface area contributed by atoms with Gasteiger partial charge in [0.25, 0.3) is 0 Å². The monoisotopic (exact) mass is 443 g/mol. The molecule has 1 aliphatic rings. The van der Waals surface area contributed by atoms with Crippen molar-refractivity contribution in [2.24, 2.45) is 0 Å². The summed E-state index contributed by atoms with van der Waals surface area (Å²) < 4.78 is 47.2. The zero-order chi connectivity index (χ0) is 21.7. The molecule has 1 N–H and O–H groups in total. The molecule has 2 aromatic rings. The number of amides is 1. The van der Waals surface area contributed by atoms with Gasteiger partial charge in [0.15, 0.2) is 0 Å². The third-order valence-electron chi connectivity index (χ3n) is 4.56. The molecule has 162 valence electrons. The minimum atomic E-state index is -4.64. The number of aryl methyl sites for hydroxylation is 1. The van der Waals surface area contributed by atoms with Crippen molar-refractivity contribution in [3.63, 3.8) is 0 Å². The number of imidazole rings is 1. The maximum atomic E-state index is 12.1. The first-order valence-electron chi connectivity index (χ1n) is 9.29. The normalized spacial score (nSPS) is 18.7. The lowest BCUT2D eigenvalue weighted by atomic mass is 9.92. The summed E-state index contributed by atoms with van der Waals surface area (Å²) in [5.74, 6) is -0.396. The Morgan fingerprint density at radius 1 is 1.27 bits per heavy atom. The number of nitrogens with one attached hydrogen (secondary N) is 1. The van der Waals surface area contributed by atoms with E-state index in [4.69, 9.17) is 16.3 Å². The molecule has 0 radical (unpaired) electrons. The van der Waals surface area contributed by atoms with Gasteiger partial charge in [0.05, 0.1) is 24.2 Å². The third kappa shape index (κ3) is 6.86. The summed E-state index contributed by atoms with van der Waals surface area (Å²) in [6.07, 6.45) is -1.65. The van der Waals surface area contributed by atoms with Gasteiger partial charge in [-0.1, -0.05) is 30.3 Å². The van der Waals surface area contributed by atoms with E-state index in [0.717, 1.165) is 11.3 Å². The summed E-state index contributed by atoms with van der Waals surface area (Å²) in [6.45, 7) is 4.14. The Kier molecular flexibility index (Phi) is 7.17. The fourth-order valence-electron chi connectivity index (χ4n) is 2.94. The third-order valence-corrected chi connectivity index (χ3v) is 4.82. The summed E-state index contributed by atoms with van der Waals surface area (Å²) in [5.41, 5.74) is 2.27. The minimum Gasteiger partial charge on any atom is -0.368 e. The second-order valence-corrected chi connectivity index (χ2v) is 7.43. The molecule has 1 amide bonds. The number of carbonyl (C=O) groups is 1. The highest BCUT2D eigenvalue weighted by atomic mass is 35.5. The van der Waals surface area contributed by atoms with E-state index >= 15 is 0 Å². The number of benzene rings is 1. The van der Waals surface area contributed by atoms with Crippen molar-refractivity contribution in [1.29, 1.82) is 0 Å². The van der Waals surface area contributed by atoms with Crippen molar-refractivity contribution in [3.8, 4) is 11.3 Å². The number of allylic oxidation sites excluding steroid dienone is 1. The lowest BCUT2D eigenvalue weighted by Crippen LogP contribution is -2.42. The van der Waals surface area contributed by atoms with E-state index in [1.807, 2.05) is 22.9 Å². The lowest BCUT2D eigenvalue weighted by Gasteiger charge is -2.34. The second-order valence-electron chi connectivity index (χ2n) is 7.00. The number of aromatic nitrogens is 2. The molecule has 0 bridgehead atoms. The van der Waals surface area contributed by atoms with Crippen LogP contribution in [0.4, 0.5) is 13.2 Å². The fourth-order valence-corrected chi connectivity index (χ4v) is 3.07. The largest absolute Gasteiger partial charge is 0.522 e. The van der Waals surface area contributed by atoms with E-state index in [9.17, 15) is 18.0 Å². The highest BCUT2D eigenvalue weighted by Crippen LogP contribution is 2.32. The van der Waals surface area contributed by atoms with E-state index in [1.165, 1.54) is 0 Å². The zero-order valence-electron chi connectivity index (χ0n) is 16.0. The molecule has 1 aromatic heterocycles. The molecule has 1 aromatic carbocycles. The molecule has 0 unspecified atom stereocenters. The van der Waals surface area contributed by atoms with Crippen LogP contribution < -0.4 is 5.32 Å². The Morgan fingerprint density at radius 3 is 2.63 bits per heavy atom. The van der Waals surface area contributed by atoms with Gasteiger partial charge in [0.1, 0.15) is 6.61 Å². The highest BCUT2D eigenvalue weighted by Gasteiger charge is 2.40. The molecular formula is C20H21ClF3N3O3. The Balaban J connectivity index is 1.33. The van der Waals surface area contributed by atoms with Gasteiger partial charge in [-0.3, -0.25) is 9.53 Å². The molecule has 6 nitrogen and oxygen atoms in total. The minimum absolute atomic E-state index is 0.115. The zero-order valence-corrected chi connectivity index (χ0v) is 16.7. The van der Waals surface area contributed by atoms with Crippen LogP contribution in [0.3, 0.4) is 0 Å². The molecule has 1 fully saturated rings. The summed E-state index contributed by atoms with van der Waals surface area (Å²) in [7, 11) is 0. The quantitative estimate of drug-likeness (QED) is 0.627. The number of halogens is 4. The van der Waals surface area contributed by atoms with Crippen LogP contribution in [0.5, 0.6) is 0 Å². The molecule has 10 heteroatoms. The van der Waals surface area contributed by atoms with Crippen molar-refractivity contribution in [2.75, 3.05) is 6.61 Å². The maximum Gasteiger partial charge on any atom is 0.522 e. The number of nitrogens with zero attached hydrogens (tertiary/aromatic N) is 2. The Hall–Kier alpha value is -2.36. The molecule has 0 aliphatic heterocycles. The number of ether oxygens (including phenoxy) is 2. The standard InChI is InChI=1S/C20H21ClF3N3O3/c1-13(26-19(28)11-29-16-8-17(9-16)30-20(22,23)24)6-7-27-10-18(25-12-27)14-2-4-15(21)5-3-14/h2-5,10,12,16-17H,1,6-9,11H2,(H,26,28). The van der Waals surface area contributed by atoms with Gasteiger partial charge in [0.2, 0.25) is 5.91 Å². The number of alkyl halides is 3. The smallest absolute Gasteiger partial charge is 0.368 e. The Labute approximate surface area is 176 Å². The SMILES string of the molecule is C=C(CCn1cnc(-c2ccc(Cl)cc2)c1)NC(=O)COC1CC(OC(F)(F)F)C1. The van der Waals surface area contributed by atoms with Gasteiger partial charge in [-0.05, 0) is 12.1 Å². The van der Waals surface area contributed by atoms with Crippen LogP contribution in [-0.2, 0) is 20.8 Å². The average molecular weight is 444 g/mol. The summed E-state index contributed by atoms with van der Waals surface area (Å²) in [6, 6.07) is 7.35. The van der Waals surface area contributed by atoms with E-state index < -0.39 is 24.5 Å². The predicted octanol–water partition coefficient (Wildman–Crippen LogP) is 4.31. The van der Waals surface area contributed by atoms with Crippen LogP contribution >= 0.6 is 11.6 Å². The summed E-state index contributed by atoms with van der Waals surface area (Å²) in [5, 5.41) is 3.28. The average Bonchev–Trinajstić information content (AvgIpc) is 3.10. The van der Waals surface area contributed by atoms with Gasteiger partial charge >= 0.3 is 6.36 Å². The van der Waals surface area contributed by atoms with Crippen LogP contribution in [0.1, 0.15) is 19.3 Å². The van der Waals surface area contributed by atoms with Gasteiger partial charge in [0, 0.05) is 48.3 Å². The molecule has 1 heterocycles. The maximum absolute atomic E-state index is 12.1. The van der Waals surface area contributed by atoms with Crippen molar-refractivity contribution >= 4 is 17.5 Å². The first-order chi connectivity index (χ1) is 14.2. The number of carbonyl (C=O) groups excluding carboxylic acids is 1. The molecule has 1 saturated carbocycles. The molecule has 1 aliphatic carbocycles. The van der Waals surface area contributed by atoms with Crippen molar-refractivity contribution < 1.29 is 27.4 Å². The second kappa shape index (κ2) is 9.63. The van der Waals surface area contributed by atoms with Crippen LogP contribution in [0, 0.1) is 0 Å². The van der Waals surface area contributed by atoms with E-state index in [0.29, 0.717) is 23.7 Å². The predicted molar refractivity (Wildman–Crippen MR) is 104 cm³/mol. The van der Waals surface area contributed by atoms with Crippen molar-refractivity contribution in [3.05, 3.63) is 54.1 Å². The van der Waals surface area contributed by atoms with Gasteiger partial charge in [-0.25, -0.2) is 4.98 Å². The Morgan fingerprint density at radius 2 is 1.97 bits per heavy atom. The summed E-state index contributed by atoms with van der Waals surface area (Å²) >= 11 is 5.89. The van der Waals surface area contributed by atoms with E-state index in [2.05, 4.69) is 21.6 Å². The van der Waals surface area contributed by atoms with Gasteiger partial charge < -0.3 is 14.6 Å². The molecular weight excluding hydrogens is 423 g/mol. The molecule has 0 atom stereocenters. The molecule has 30 heavy (non-hydrogen) atoms. The number of hydrogen-bond acceptors (Lipinski definition) is 4. The van der Waals surface area contributed by atoms with E-state index in [-0.39, 0.29) is 19.4 Å². The summed E-state index contributed by atoms with van der Waals surface area (Å²) in [4.78, 5) is 16.2. The van der Waals surface area contributed by atoms with Gasteiger partial charge in [-0.15, -0.1) is 13.2 Å². The van der Waals surface area contributed by atoms with Crippen LogP contribution in [0.2, 0.25) is 5.02 Å². The number of hydrogen-bond donors (Lipinski definition) is 1. The van der Waals surface area contributed by atoms with Crippen LogP contribution in [-0.4, -0.2) is 40.6 Å². The number of rotatable bonds is 9. The first kappa shape index (κ1) is 22.3.